The second-order valence-corrected chi connectivity index (χ2v) is 8.65. The Labute approximate surface area is 187 Å². The highest BCUT2D eigenvalue weighted by molar-refractivity contribution is 8.00. The number of rotatable bonds is 9. The van der Waals surface area contributed by atoms with Crippen molar-refractivity contribution < 1.29 is 9.59 Å². The second kappa shape index (κ2) is 11.5. The van der Waals surface area contributed by atoms with E-state index in [1.165, 1.54) is 11.8 Å². The molecule has 0 aliphatic rings. The van der Waals surface area contributed by atoms with Gasteiger partial charge in [0.2, 0.25) is 11.8 Å². The standard InChI is InChI=1S/C22H26Cl2N2O2S/c1-4-12-25-22(28)16(3)26(13-18-19(23)6-5-7-20(18)24)21(27)14-29-17-10-8-15(2)9-11-17/h5-11,16H,4,12-14H2,1-3H3,(H,25,28)/t16-/m0/s1. The van der Waals surface area contributed by atoms with Crippen LogP contribution in [0.15, 0.2) is 47.4 Å². The average Bonchev–Trinajstić information content (AvgIpc) is 2.70. The van der Waals surface area contributed by atoms with E-state index in [0.29, 0.717) is 22.2 Å². The zero-order valence-corrected chi connectivity index (χ0v) is 19.2. The molecule has 0 bridgehead atoms. The lowest BCUT2D eigenvalue weighted by atomic mass is 10.1. The van der Waals surface area contributed by atoms with Gasteiger partial charge in [-0.05, 0) is 44.5 Å². The second-order valence-electron chi connectivity index (χ2n) is 6.79. The van der Waals surface area contributed by atoms with Crippen LogP contribution in [-0.4, -0.2) is 35.1 Å². The number of benzene rings is 2. The third kappa shape index (κ3) is 6.95. The van der Waals surface area contributed by atoms with Crippen LogP contribution in [0.4, 0.5) is 0 Å². The molecule has 0 unspecified atom stereocenters. The fraction of sp³-hybridized carbons (Fsp3) is 0.364. The Morgan fingerprint density at radius 2 is 1.72 bits per heavy atom. The van der Waals surface area contributed by atoms with E-state index in [1.807, 2.05) is 38.1 Å². The molecule has 7 heteroatoms. The Morgan fingerprint density at radius 3 is 2.31 bits per heavy atom. The van der Waals surface area contributed by atoms with Gasteiger partial charge in [0.05, 0.1) is 5.75 Å². The zero-order valence-electron chi connectivity index (χ0n) is 16.9. The van der Waals surface area contributed by atoms with Crippen LogP contribution in [-0.2, 0) is 16.1 Å². The highest BCUT2D eigenvalue weighted by Gasteiger charge is 2.27. The number of hydrogen-bond acceptors (Lipinski definition) is 3. The molecule has 29 heavy (non-hydrogen) atoms. The molecule has 0 spiro atoms. The molecule has 2 aromatic carbocycles. The maximum atomic E-state index is 13.1. The van der Waals surface area contributed by atoms with Crippen molar-refractivity contribution in [2.75, 3.05) is 12.3 Å². The molecule has 0 aliphatic heterocycles. The predicted octanol–water partition coefficient (Wildman–Crippen LogP) is 5.34. The van der Waals surface area contributed by atoms with Gasteiger partial charge in [-0.15, -0.1) is 11.8 Å². The van der Waals surface area contributed by atoms with Gasteiger partial charge in [0.25, 0.3) is 0 Å². The van der Waals surface area contributed by atoms with E-state index in [2.05, 4.69) is 5.32 Å². The Morgan fingerprint density at radius 1 is 1.10 bits per heavy atom. The number of carbonyl (C=O) groups excluding carboxylic acids is 2. The number of hydrogen-bond donors (Lipinski definition) is 1. The summed E-state index contributed by atoms with van der Waals surface area (Å²) in [5.74, 6) is -0.120. The number of nitrogens with one attached hydrogen (secondary N) is 1. The molecule has 2 aromatic rings. The highest BCUT2D eigenvalue weighted by atomic mass is 35.5. The molecule has 1 N–H and O–H groups in total. The van der Waals surface area contributed by atoms with Crippen molar-refractivity contribution in [3.8, 4) is 0 Å². The monoisotopic (exact) mass is 452 g/mol. The van der Waals surface area contributed by atoms with Gasteiger partial charge in [0.15, 0.2) is 0 Å². The summed E-state index contributed by atoms with van der Waals surface area (Å²) in [5.41, 5.74) is 1.80. The number of aryl methyl sites for hydroxylation is 1. The van der Waals surface area contributed by atoms with Gasteiger partial charge in [-0.3, -0.25) is 9.59 Å². The van der Waals surface area contributed by atoms with Gasteiger partial charge in [-0.2, -0.15) is 0 Å². The Bertz CT molecular complexity index is 823. The number of nitrogens with zero attached hydrogens (tertiary/aromatic N) is 1. The van der Waals surface area contributed by atoms with Crippen LogP contribution in [0.2, 0.25) is 10.0 Å². The van der Waals surface area contributed by atoms with Gasteiger partial charge < -0.3 is 10.2 Å². The van der Waals surface area contributed by atoms with Crippen molar-refractivity contribution in [1.29, 1.82) is 0 Å². The first-order valence-electron chi connectivity index (χ1n) is 9.53. The normalized spacial score (nSPS) is 11.8. The van der Waals surface area contributed by atoms with Crippen molar-refractivity contribution in [2.24, 2.45) is 0 Å². The maximum absolute atomic E-state index is 13.1. The lowest BCUT2D eigenvalue weighted by Crippen LogP contribution is -2.48. The first-order valence-corrected chi connectivity index (χ1v) is 11.3. The van der Waals surface area contributed by atoms with Gasteiger partial charge in [-0.1, -0.05) is 53.9 Å². The molecule has 0 aliphatic carbocycles. The van der Waals surface area contributed by atoms with Gasteiger partial charge in [0.1, 0.15) is 6.04 Å². The molecule has 0 saturated carbocycles. The van der Waals surface area contributed by atoms with Crippen LogP contribution in [0.3, 0.4) is 0 Å². The Balaban J connectivity index is 2.19. The molecule has 0 heterocycles. The smallest absolute Gasteiger partial charge is 0.242 e. The minimum atomic E-state index is -0.639. The van der Waals surface area contributed by atoms with Crippen LogP contribution < -0.4 is 5.32 Å². The quantitative estimate of drug-likeness (QED) is 0.522. The average molecular weight is 453 g/mol. The fourth-order valence-electron chi connectivity index (χ4n) is 2.69. The number of carbonyl (C=O) groups is 2. The molecule has 2 amide bonds. The number of thioether (sulfide) groups is 1. The minimum Gasteiger partial charge on any atom is -0.354 e. The van der Waals surface area contributed by atoms with E-state index < -0.39 is 6.04 Å². The summed E-state index contributed by atoms with van der Waals surface area (Å²) in [4.78, 5) is 28.2. The van der Waals surface area contributed by atoms with E-state index in [9.17, 15) is 9.59 Å². The molecule has 4 nitrogen and oxygen atoms in total. The molecule has 0 radical (unpaired) electrons. The third-order valence-corrected chi connectivity index (χ3v) is 6.19. The molecule has 2 rings (SSSR count). The van der Waals surface area contributed by atoms with E-state index in [0.717, 1.165) is 16.9 Å². The summed E-state index contributed by atoms with van der Waals surface area (Å²) in [7, 11) is 0. The zero-order chi connectivity index (χ0) is 21.4. The van der Waals surface area contributed by atoms with Crippen molar-refractivity contribution >= 4 is 46.8 Å². The summed E-state index contributed by atoms with van der Waals surface area (Å²) in [6.07, 6.45) is 0.825. The summed E-state index contributed by atoms with van der Waals surface area (Å²) in [6, 6.07) is 12.6. The molecule has 0 fully saturated rings. The van der Waals surface area contributed by atoms with Crippen LogP contribution in [0.5, 0.6) is 0 Å². The number of halogens is 2. The highest BCUT2D eigenvalue weighted by Crippen LogP contribution is 2.27. The van der Waals surface area contributed by atoms with Crippen LogP contribution in [0.1, 0.15) is 31.4 Å². The lowest BCUT2D eigenvalue weighted by Gasteiger charge is -2.29. The topological polar surface area (TPSA) is 49.4 Å². The van der Waals surface area contributed by atoms with E-state index in [1.54, 1.807) is 30.0 Å². The van der Waals surface area contributed by atoms with E-state index in [4.69, 9.17) is 23.2 Å². The van der Waals surface area contributed by atoms with Crippen LogP contribution in [0, 0.1) is 6.92 Å². The molecule has 156 valence electrons. The molecule has 1 atom stereocenters. The van der Waals surface area contributed by atoms with Crippen molar-refractivity contribution in [3.63, 3.8) is 0 Å². The first kappa shape index (κ1) is 23.6. The van der Waals surface area contributed by atoms with Gasteiger partial charge in [0, 0.05) is 33.6 Å². The predicted molar refractivity (Wildman–Crippen MR) is 122 cm³/mol. The van der Waals surface area contributed by atoms with Crippen molar-refractivity contribution in [3.05, 3.63) is 63.6 Å². The van der Waals surface area contributed by atoms with Crippen molar-refractivity contribution in [2.45, 2.75) is 44.7 Å². The molecule has 0 saturated heterocycles. The molecule has 0 aromatic heterocycles. The minimum absolute atomic E-state index is 0.147. The van der Waals surface area contributed by atoms with E-state index >= 15 is 0 Å². The third-order valence-electron chi connectivity index (χ3n) is 4.49. The summed E-state index contributed by atoms with van der Waals surface area (Å²) in [5, 5.41) is 3.81. The first-order chi connectivity index (χ1) is 13.8. The van der Waals surface area contributed by atoms with E-state index in [-0.39, 0.29) is 24.1 Å². The molecular formula is C22H26Cl2N2O2S. The largest absolute Gasteiger partial charge is 0.354 e. The van der Waals surface area contributed by atoms with Gasteiger partial charge in [-0.25, -0.2) is 0 Å². The summed E-state index contributed by atoms with van der Waals surface area (Å²) >= 11 is 14.1. The van der Waals surface area contributed by atoms with Gasteiger partial charge >= 0.3 is 0 Å². The Hall–Kier alpha value is -1.69. The van der Waals surface area contributed by atoms with Crippen molar-refractivity contribution in [1.82, 2.24) is 10.2 Å². The fourth-order valence-corrected chi connectivity index (χ4v) is 4.00. The van der Waals surface area contributed by atoms with Crippen LogP contribution >= 0.6 is 35.0 Å². The molecular weight excluding hydrogens is 427 g/mol. The summed E-state index contributed by atoms with van der Waals surface area (Å²) < 4.78 is 0. The SMILES string of the molecule is CCCNC(=O)[C@H](C)N(Cc1c(Cl)cccc1Cl)C(=O)CSc1ccc(C)cc1. The van der Waals surface area contributed by atoms with Crippen LogP contribution in [0.25, 0.3) is 0 Å². The number of amides is 2. The lowest BCUT2D eigenvalue weighted by molar-refractivity contribution is -0.138. The summed E-state index contributed by atoms with van der Waals surface area (Å²) in [6.45, 7) is 6.47. The maximum Gasteiger partial charge on any atom is 0.242 e. The Kier molecular flexibility index (Phi) is 9.34.